The molecule has 2 fully saturated rings. The molecule has 0 N–H and O–H groups in total. The number of piperazine rings is 1. The third-order valence-electron chi connectivity index (χ3n) is 6.53. The second-order valence-corrected chi connectivity index (χ2v) is 10.6. The van der Waals surface area contributed by atoms with Crippen LogP contribution in [0.25, 0.3) is 0 Å². The number of sulfonamides is 1. The van der Waals surface area contributed by atoms with E-state index < -0.39 is 10.0 Å². The topological polar surface area (TPSA) is 60.9 Å². The number of benzene rings is 2. The summed E-state index contributed by atoms with van der Waals surface area (Å²) in [6.45, 7) is 7.15. The van der Waals surface area contributed by atoms with Crippen molar-refractivity contribution in [1.82, 2.24) is 9.21 Å². The van der Waals surface area contributed by atoms with Crippen molar-refractivity contribution in [2.45, 2.75) is 31.6 Å². The van der Waals surface area contributed by atoms with Crippen LogP contribution in [0.3, 0.4) is 0 Å². The lowest BCUT2D eigenvalue weighted by Crippen LogP contribution is -2.52. The summed E-state index contributed by atoms with van der Waals surface area (Å²) in [5.74, 6) is -0.279. The quantitative estimate of drug-likeness (QED) is 0.705. The van der Waals surface area contributed by atoms with Crippen molar-refractivity contribution in [3.05, 3.63) is 59.4 Å². The van der Waals surface area contributed by atoms with Crippen LogP contribution in [-0.4, -0.2) is 62.8 Å². The Morgan fingerprint density at radius 1 is 0.906 bits per heavy atom. The lowest BCUT2D eigenvalue weighted by Gasteiger charge is -2.39. The highest BCUT2D eigenvalue weighted by molar-refractivity contribution is 7.89. The van der Waals surface area contributed by atoms with Gasteiger partial charge in [-0.2, -0.15) is 4.31 Å². The van der Waals surface area contributed by atoms with Crippen LogP contribution in [0.15, 0.2) is 47.4 Å². The number of amides is 1. The van der Waals surface area contributed by atoms with Gasteiger partial charge in [0.1, 0.15) is 5.82 Å². The van der Waals surface area contributed by atoms with Crippen molar-refractivity contribution >= 4 is 21.6 Å². The van der Waals surface area contributed by atoms with Crippen molar-refractivity contribution in [3.63, 3.8) is 0 Å². The van der Waals surface area contributed by atoms with Gasteiger partial charge in [0, 0.05) is 50.9 Å². The van der Waals surface area contributed by atoms with Crippen molar-refractivity contribution in [2.24, 2.45) is 5.92 Å². The predicted molar refractivity (Wildman–Crippen MR) is 123 cm³/mol. The largest absolute Gasteiger partial charge is 0.368 e. The molecule has 8 heteroatoms. The molecule has 0 atom stereocenters. The van der Waals surface area contributed by atoms with Gasteiger partial charge in [-0.05, 0) is 62.6 Å². The number of carbonyl (C=O) groups is 1. The highest BCUT2D eigenvalue weighted by atomic mass is 32.2. The van der Waals surface area contributed by atoms with E-state index in [0.717, 1.165) is 16.8 Å². The van der Waals surface area contributed by atoms with Gasteiger partial charge in [-0.1, -0.05) is 17.7 Å². The van der Waals surface area contributed by atoms with E-state index in [1.165, 1.54) is 16.4 Å². The van der Waals surface area contributed by atoms with E-state index in [1.807, 2.05) is 30.9 Å². The van der Waals surface area contributed by atoms with Crippen LogP contribution in [0.1, 0.15) is 24.0 Å². The van der Waals surface area contributed by atoms with Crippen molar-refractivity contribution in [1.29, 1.82) is 0 Å². The summed E-state index contributed by atoms with van der Waals surface area (Å²) in [7, 11) is -3.55. The van der Waals surface area contributed by atoms with Gasteiger partial charge in [-0.3, -0.25) is 4.79 Å². The minimum atomic E-state index is -3.55. The molecule has 2 aliphatic rings. The molecule has 0 unspecified atom stereocenters. The lowest BCUT2D eigenvalue weighted by molar-refractivity contribution is -0.137. The first-order valence-corrected chi connectivity index (χ1v) is 12.6. The number of aryl methyl sites for hydroxylation is 2. The summed E-state index contributed by atoms with van der Waals surface area (Å²) in [6.07, 6.45) is 1.09. The maximum absolute atomic E-state index is 13.1. The Kier molecular flexibility index (Phi) is 6.53. The zero-order chi connectivity index (χ0) is 22.9. The molecule has 2 aliphatic heterocycles. The van der Waals surface area contributed by atoms with Crippen LogP contribution in [0, 0.1) is 25.6 Å². The summed E-state index contributed by atoms with van der Waals surface area (Å²) in [6, 6.07) is 11.8. The predicted octanol–water partition coefficient (Wildman–Crippen LogP) is 3.19. The average Bonchev–Trinajstić information content (AvgIpc) is 2.79. The van der Waals surface area contributed by atoms with Crippen LogP contribution >= 0.6 is 0 Å². The molecule has 4 rings (SSSR count). The fourth-order valence-corrected chi connectivity index (χ4v) is 6.34. The average molecular weight is 460 g/mol. The summed E-state index contributed by atoms with van der Waals surface area (Å²) in [4.78, 5) is 17.4. The normalized spacial score (nSPS) is 18.7. The minimum Gasteiger partial charge on any atom is -0.368 e. The number of halogens is 1. The summed E-state index contributed by atoms with van der Waals surface area (Å²) in [5, 5.41) is 0. The number of piperidine rings is 1. The SMILES string of the molecule is Cc1ccc(S(=O)(=O)N2CCC(C(=O)N3CCN(c4ccc(F)cc4)CC3)CC2)c(C)c1. The Labute approximate surface area is 189 Å². The first kappa shape index (κ1) is 22.7. The van der Waals surface area contributed by atoms with Crippen LogP contribution in [0.4, 0.5) is 10.1 Å². The molecular formula is C24H30FN3O3S. The van der Waals surface area contributed by atoms with E-state index >= 15 is 0 Å². The summed E-state index contributed by atoms with van der Waals surface area (Å²) < 4.78 is 40.8. The fraction of sp³-hybridized carbons (Fsp3) is 0.458. The molecule has 6 nitrogen and oxygen atoms in total. The molecule has 2 saturated heterocycles. The molecule has 1 amide bonds. The maximum atomic E-state index is 13.1. The van der Waals surface area contributed by atoms with E-state index in [2.05, 4.69) is 4.90 Å². The molecule has 0 saturated carbocycles. The third kappa shape index (κ3) is 4.66. The van der Waals surface area contributed by atoms with Gasteiger partial charge in [0.05, 0.1) is 4.90 Å². The third-order valence-corrected chi connectivity index (χ3v) is 8.59. The Balaban J connectivity index is 1.32. The first-order chi connectivity index (χ1) is 15.3. The van der Waals surface area contributed by atoms with Gasteiger partial charge < -0.3 is 9.80 Å². The number of rotatable bonds is 4. The van der Waals surface area contributed by atoms with Gasteiger partial charge in [0.2, 0.25) is 15.9 Å². The molecule has 0 bridgehead atoms. The molecule has 32 heavy (non-hydrogen) atoms. The molecule has 172 valence electrons. The molecular weight excluding hydrogens is 429 g/mol. The number of carbonyl (C=O) groups excluding carboxylic acids is 1. The van der Waals surface area contributed by atoms with Crippen molar-refractivity contribution in [3.8, 4) is 0 Å². The second kappa shape index (κ2) is 9.19. The maximum Gasteiger partial charge on any atom is 0.243 e. The van der Waals surface area contributed by atoms with Gasteiger partial charge in [-0.15, -0.1) is 0 Å². The summed E-state index contributed by atoms with van der Waals surface area (Å²) in [5.41, 5.74) is 2.75. The smallest absolute Gasteiger partial charge is 0.243 e. The zero-order valence-electron chi connectivity index (χ0n) is 18.6. The van der Waals surface area contributed by atoms with Crippen LogP contribution < -0.4 is 4.90 Å². The molecule has 0 aromatic heterocycles. The molecule has 2 aromatic carbocycles. The fourth-order valence-electron chi connectivity index (χ4n) is 4.67. The van der Waals surface area contributed by atoms with Gasteiger partial charge >= 0.3 is 0 Å². The Hall–Kier alpha value is -2.45. The van der Waals surface area contributed by atoms with E-state index in [9.17, 15) is 17.6 Å². The zero-order valence-corrected chi connectivity index (χ0v) is 19.4. The second-order valence-electron chi connectivity index (χ2n) is 8.74. The molecule has 0 spiro atoms. The Morgan fingerprint density at radius 2 is 1.53 bits per heavy atom. The van der Waals surface area contributed by atoms with Crippen LogP contribution in [0.5, 0.6) is 0 Å². The van der Waals surface area contributed by atoms with E-state index in [1.54, 1.807) is 18.2 Å². The number of hydrogen-bond acceptors (Lipinski definition) is 4. The van der Waals surface area contributed by atoms with Gasteiger partial charge in [0.25, 0.3) is 0 Å². The number of anilines is 1. The monoisotopic (exact) mass is 459 g/mol. The van der Waals surface area contributed by atoms with Crippen LogP contribution in [-0.2, 0) is 14.8 Å². The molecule has 2 heterocycles. The first-order valence-electron chi connectivity index (χ1n) is 11.1. The van der Waals surface area contributed by atoms with Crippen LogP contribution in [0.2, 0.25) is 0 Å². The Bertz CT molecular complexity index is 1070. The van der Waals surface area contributed by atoms with Crippen molar-refractivity contribution < 1.29 is 17.6 Å². The summed E-state index contributed by atoms with van der Waals surface area (Å²) >= 11 is 0. The van der Waals surface area contributed by atoms with E-state index in [4.69, 9.17) is 0 Å². The molecule has 0 aliphatic carbocycles. The number of hydrogen-bond donors (Lipinski definition) is 0. The van der Waals surface area contributed by atoms with E-state index in [0.29, 0.717) is 57.0 Å². The van der Waals surface area contributed by atoms with E-state index in [-0.39, 0.29) is 17.6 Å². The Morgan fingerprint density at radius 3 is 2.12 bits per heavy atom. The highest BCUT2D eigenvalue weighted by Gasteiger charge is 2.35. The minimum absolute atomic E-state index is 0.118. The van der Waals surface area contributed by atoms with Crippen molar-refractivity contribution in [2.75, 3.05) is 44.2 Å². The van der Waals surface area contributed by atoms with Gasteiger partial charge in [0.15, 0.2) is 0 Å². The number of nitrogens with zero attached hydrogens (tertiary/aromatic N) is 3. The lowest BCUT2D eigenvalue weighted by atomic mass is 9.96. The van der Waals surface area contributed by atoms with Gasteiger partial charge in [-0.25, -0.2) is 12.8 Å². The molecule has 0 radical (unpaired) electrons. The highest BCUT2D eigenvalue weighted by Crippen LogP contribution is 2.28. The standard InChI is InChI=1S/C24H30FN3O3S/c1-18-3-8-23(19(2)17-18)32(30,31)28-11-9-20(10-12-28)24(29)27-15-13-26(14-16-27)22-6-4-21(25)5-7-22/h3-8,17,20H,9-16H2,1-2H3. The molecule has 2 aromatic rings.